The number of thiazole rings is 1. The van der Waals surface area contributed by atoms with Gasteiger partial charge in [0.1, 0.15) is 0 Å². The molecule has 0 saturated carbocycles. The number of benzene rings is 1. The maximum atomic E-state index is 4.23. The summed E-state index contributed by atoms with van der Waals surface area (Å²) in [6.45, 7) is 4.01. The lowest BCUT2D eigenvalue weighted by Crippen LogP contribution is -2.16. The Morgan fingerprint density at radius 3 is 2.75 bits per heavy atom. The van der Waals surface area contributed by atoms with E-state index in [4.69, 9.17) is 0 Å². The van der Waals surface area contributed by atoms with Crippen LogP contribution in [0.5, 0.6) is 0 Å². The molecule has 1 aromatic heterocycles. The highest BCUT2D eigenvalue weighted by Crippen LogP contribution is 2.11. The molecule has 2 nitrogen and oxygen atoms in total. The molecule has 2 aromatic rings. The average molecular weight is 232 g/mol. The molecule has 0 amide bonds. The third kappa shape index (κ3) is 3.15. The van der Waals surface area contributed by atoms with Gasteiger partial charge in [0, 0.05) is 11.4 Å². The van der Waals surface area contributed by atoms with Crippen LogP contribution in [0, 0.1) is 6.92 Å². The van der Waals surface area contributed by atoms with Crippen molar-refractivity contribution in [3.05, 3.63) is 52.0 Å². The van der Waals surface area contributed by atoms with E-state index in [0.717, 1.165) is 25.2 Å². The van der Waals surface area contributed by atoms with Crippen molar-refractivity contribution in [1.82, 2.24) is 10.3 Å². The second-order valence-corrected chi connectivity index (χ2v) is 4.71. The molecule has 2 rings (SSSR count). The summed E-state index contributed by atoms with van der Waals surface area (Å²) in [7, 11) is 0. The van der Waals surface area contributed by atoms with Crippen LogP contribution in [0.3, 0.4) is 0 Å². The monoisotopic (exact) mass is 232 g/mol. The van der Waals surface area contributed by atoms with E-state index in [0.29, 0.717) is 0 Å². The molecule has 0 atom stereocenters. The van der Waals surface area contributed by atoms with Gasteiger partial charge in [-0.05, 0) is 25.5 Å². The Hall–Kier alpha value is -1.19. The number of hydrogen-bond acceptors (Lipinski definition) is 3. The zero-order chi connectivity index (χ0) is 11.2. The van der Waals surface area contributed by atoms with E-state index in [1.54, 1.807) is 11.3 Å². The van der Waals surface area contributed by atoms with Crippen molar-refractivity contribution in [2.24, 2.45) is 0 Å². The van der Waals surface area contributed by atoms with E-state index in [1.807, 2.05) is 5.51 Å². The Morgan fingerprint density at radius 2 is 2.06 bits per heavy atom. The van der Waals surface area contributed by atoms with Gasteiger partial charge >= 0.3 is 0 Å². The Kier molecular flexibility index (Phi) is 4.08. The van der Waals surface area contributed by atoms with Gasteiger partial charge in [-0.15, -0.1) is 11.3 Å². The van der Waals surface area contributed by atoms with Gasteiger partial charge in [0.05, 0.1) is 11.2 Å². The summed E-state index contributed by atoms with van der Waals surface area (Å²) < 4.78 is 0. The SMILES string of the molecule is Cc1ncsc1CNCCc1ccccc1. The molecule has 1 aromatic carbocycles. The van der Waals surface area contributed by atoms with Gasteiger partial charge in [0.25, 0.3) is 0 Å². The Balaban J connectivity index is 1.72. The number of rotatable bonds is 5. The van der Waals surface area contributed by atoms with Crippen molar-refractivity contribution in [3.8, 4) is 0 Å². The van der Waals surface area contributed by atoms with Crippen LogP contribution in [-0.2, 0) is 13.0 Å². The molecule has 1 N–H and O–H groups in total. The van der Waals surface area contributed by atoms with Crippen molar-refractivity contribution in [2.75, 3.05) is 6.54 Å². The number of hydrogen-bond donors (Lipinski definition) is 1. The third-order valence-electron chi connectivity index (χ3n) is 2.56. The van der Waals surface area contributed by atoms with Gasteiger partial charge in [-0.2, -0.15) is 0 Å². The fourth-order valence-corrected chi connectivity index (χ4v) is 2.32. The molecular weight excluding hydrogens is 216 g/mol. The summed E-state index contributed by atoms with van der Waals surface area (Å²) in [5.41, 5.74) is 4.44. The molecule has 0 spiro atoms. The lowest BCUT2D eigenvalue weighted by atomic mass is 10.1. The highest BCUT2D eigenvalue weighted by Gasteiger charge is 1.99. The van der Waals surface area contributed by atoms with Gasteiger partial charge in [0.15, 0.2) is 0 Å². The van der Waals surface area contributed by atoms with E-state index < -0.39 is 0 Å². The van der Waals surface area contributed by atoms with E-state index in [9.17, 15) is 0 Å². The summed E-state index contributed by atoms with van der Waals surface area (Å²) in [4.78, 5) is 5.57. The molecule has 0 aliphatic carbocycles. The van der Waals surface area contributed by atoms with E-state index in [2.05, 4.69) is 47.6 Å². The summed E-state index contributed by atoms with van der Waals surface area (Å²) >= 11 is 1.72. The van der Waals surface area contributed by atoms with Crippen molar-refractivity contribution < 1.29 is 0 Å². The molecule has 0 saturated heterocycles. The lowest BCUT2D eigenvalue weighted by molar-refractivity contribution is 0.690. The van der Waals surface area contributed by atoms with Gasteiger partial charge in [-0.3, -0.25) is 0 Å². The number of nitrogens with one attached hydrogen (secondary N) is 1. The number of nitrogens with zero attached hydrogens (tertiary/aromatic N) is 1. The van der Waals surface area contributed by atoms with E-state index in [-0.39, 0.29) is 0 Å². The van der Waals surface area contributed by atoms with Crippen LogP contribution < -0.4 is 5.32 Å². The minimum absolute atomic E-state index is 0.934. The number of aromatic nitrogens is 1. The van der Waals surface area contributed by atoms with E-state index in [1.165, 1.54) is 10.4 Å². The Bertz CT molecular complexity index is 423. The van der Waals surface area contributed by atoms with Crippen molar-refractivity contribution in [2.45, 2.75) is 19.9 Å². The summed E-state index contributed by atoms with van der Waals surface area (Å²) in [6.07, 6.45) is 1.08. The minimum Gasteiger partial charge on any atom is -0.311 e. The van der Waals surface area contributed by atoms with Gasteiger partial charge in [0.2, 0.25) is 0 Å². The molecule has 84 valence electrons. The zero-order valence-electron chi connectivity index (χ0n) is 9.44. The predicted octanol–water partition coefficient (Wildman–Crippen LogP) is 2.78. The van der Waals surface area contributed by atoms with Crippen LogP contribution in [0.1, 0.15) is 16.1 Å². The molecule has 0 aliphatic heterocycles. The first-order valence-corrected chi connectivity index (χ1v) is 6.38. The first-order valence-electron chi connectivity index (χ1n) is 5.50. The van der Waals surface area contributed by atoms with Crippen LogP contribution in [0.15, 0.2) is 35.8 Å². The quantitative estimate of drug-likeness (QED) is 0.802. The molecule has 0 fully saturated rings. The van der Waals surface area contributed by atoms with Crippen LogP contribution in [0.2, 0.25) is 0 Å². The molecule has 0 bridgehead atoms. The maximum Gasteiger partial charge on any atom is 0.0798 e. The summed E-state index contributed by atoms with van der Waals surface area (Å²) in [5, 5.41) is 3.45. The smallest absolute Gasteiger partial charge is 0.0798 e. The van der Waals surface area contributed by atoms with E-state index >= 15 is 0 Å². The third-order valence-corrected chi connectivity index (χ3v) is 3.50. The highest BCUT2D eigenvalue weighted by molar-refractivity contribution is 7.09. The molecule has 0 aliphatic rings. The first kappa shape index (κ1) is 11.3. The highest BCUT2D eigenvalue weighted by atomic mass is 32.1. The molecule has 16 heavy (non-hydrogen) atoms. The van der Waals surface area contributed by atoms with Gasteiger partial charge in [-0.1, -0.05) is 30.3 Å². The molecule has 0 unspecified atom stereocenters. The summed E-state index contributed by atoms with van der Waals surface area (Å²) in [6, 6.07) is 10.6. The Labute approximate surface area is 100 Å². The molecule has 3 heteroatoms. The van der Waals surface area contributed by atoms with Crippen molar-refractivity contribution in [3.63, 3.8) is 0 Å². The van der Waals surface area contributed by atoms with Crippen molar-refractivity contribution in [1.29, 1.82) is 0 Å². The second kappa shape index (κ2) is 5.77. The molecular formula is C13H16N2S. The summed E-state index contributed by atoms with van der Waals surface area (Å²) in [5.74, 6) is 0. The van der Waals surface area contributed by atoms with Crippen molar-refractivity contribution >= 4 is 11.3 Å². The number of aryl methyl sites for hydroxylation is 1. The Morgan fingerprint density at radius 1 is 1.25 bits per heavy atom. The zero-order valence-corrected chi connectivity index (χ0v) is 10.3. The van der Waals surface area contributed by atoms with Gasteiger partial charge in [-0.25, -0.2) is 4.98 Å². The first-order chi connectivity index (χ1) is 7.86. The second-order valence-electron chi connectivity index (χ2n) is 3.77. The normalized spacial score (nSPS) is 10.6. The van der Waals surface area contributed by atoms with Crippen LogP contribution in [0.25, 0.3) is 0 Å². The topological polar surface area (TPSA) is 24.9 Å². The predicted molar refractivity (Wildman–Crippen MR) is 68.7 cm³/mol. The lowest BCUT2D eigenvalue weighted by Gasteiger charge is -2.03. The largest absolute Gasteiger partial charge is 0.311 e. The van der Waals surface area contributed by atoms with Crippen LogP contribution >= 0.6 is 11.3 Å². The molecule has 1 heterocycles. The average Bonchev–Trinajstić information content (AvgIpc) is 2.72. The molecule has 0 radical (unpaired) electrons. The van der Waals surface area contributed by atoms with Crippen LogP contribution in [-0.4, -0.2) is 11.5 Å². The van der Waals surface area contributed by atoms with Crippen LogP contribution in [0.4, 0.5) is 0 Å². The fraction of sp³-hybridized carbons (Fsp3) is 0.308. The maximum absolute atomic E-state index is 4.23. The van der Waals surface area contributed by atoms with Gasteiger partial charge < -0.3 is 5.32 Å². The minimum atomic E-state index is 0.934. The fourth-order valence-electron chi connectivity index (χ4n) is 1.58. The standard InChI is InChI=1S/C13H16N2S/c1-11-13(16-10-15-11)9-14-8-7-12-5-3-2-4-6-12/h2-6,10,14H,7-9H2,1H3.